The van der Waals surface area contributed by atoms with Crippen molar-refractivity contribution in [3.8, 4) is 11.6 Å². The molecule has 0 saturated carbocycles. The minimum Gasteiger partial charge on any atom is -0.430 e. The molecule has 6 nitrogen and oxygen atoms in total. The molecule has 0 aliphatic carbocycles. The molecule has 2 aromatic rings. The molecule has 0 fully saturated rings. The van der Waals surface area contributed by atoms with Crippen molar-refractivity contribution in [3.63, 3.8) is 0 Å². The second kappa shape index (κ2) is 5.48. The zero-order valence-corrected chi connectivity index (χ0v) is 11.2. The molecule has 2 rings (SSSR count). The highest BCUT2D eigenvalue weighted by Crippen LogP contribution is 2.36. The van der Waals surface area contributed by atoms with Gasteiger partial charge in [0, 0.05) is 0 Å². The molecule has 0 bridgehead atoms. The second-order valence-corrected chi connectivity index (χ2v) is 4.43. The van der Waals surface area contributed by atoms with Crippen molar-refractivity contribution in [1.29, 1.82) is 0 Å². The Hall–Kier alpha value is -2.12. The summed E-state index contributed by atoms with van der Waals surface area (Å²) in [6.45, 7) is 0. The zero-order chi connectivity index (χ0) is 14.9. The molecule has 0 radical (unpaired) electrons. The lowest BCUT2D eigenvalue weighted by molar-refractivity contribution is -0.385. The van der Waals surface area contributed by atoms with Gasteiger partial charge in [-0.25, -0.2) is 4.39 Å². The number of nitrogens with two attached hydrogens (primary N) is 1. The summed E-state index contributed by atoms with van der Waals surface area (Å²) in [5, 5.41) is 11.0. The van der Waals surface area contributed by atoms with Gasteiger partial charge in [0.05, 0.1) is 16.0 Å². The quantitative estimate of drug-likeness (QED) is 0.686. The molecule has 0 spiro atoms. The lowest BCUT2D eigenvalue weighted by Gasteiger charge is -2.08. The molecule has 9 heteroatoms. The highest BCUT2D eigenvalue weighted by atomic mass is 35.5. The van der Waals surface area contributed by atoms with Gasteiger partial charge in [-0.15, -0.1) is 0 Å². The number of halogens is 3. The number of nitro groups is 1. The molecule has 20 heavy (non-hydrogen) atoms. The average Bonchev–Trinajstić information content (AvgIpc) is 2.37. The lowest BCUT2D eigenvalue weighted by Crippen LogP contribution is -1.98. The number of nitro benzene ring substituents is 1. The Morgan fingerprint density at radius 1 is 1.30 bits per heavy atom. The van der Waals surface area contributed by atoms with Crippen molar-refractivity contribution >= 4 is 34.7 Å². The van der Waals surface area contributed by atoms with E-state index >= 15 is 0 Å². The van der Waals surface area contributed by atoms with Crippen LogP contribution < -0.4 is 10.5 Å². The molecular formula is C11H6Cl2FN3O3. The van der Waals surface area contributed by atoms with Crippen molar-refractivity contribution in [3.05, 3.63) is 50.2 Å². The number of hydrogen-bond donors (Lipinski definition) is 1. The van der Waals surface area contributed by atoms with Gasteiger partial charge in [0.25, 0.3) is 0 Å². The number of rotatable bonds is 3. The van der Waals surface area contributed by atoms with Crippen LogP contribution in [0.15, 0.2) is 24.3 Å². The van der Waals surface area contributed by atoms with E-state index in [1.165, 1.54) is 6.07 Å². The number of benzene rings is 1. The molecule has 1 aromatic carbocycles. The summed E-state index contributed by atoms with van der Waals surface area (Å²) in [5.74, 6) is -1.19. The maximum Gasteiger partial charge on any atom is 0.314 e. The van der Waals surface area contributed by atoms with Gasteiger partial charge >= 0.3 is 5.69 Å². The number of anilines is 1. The van der Waals surface area contributed by atoms with Crippen LogP contribution in [-0.4, -0.2) is 9.91 Å². The molecule has 0 unspecified atom stereocenters. The summed E-state index contributed by atoms with van der Waals surface area (Å²) in [6.07, 6.45) is 0. The zero-order valence-electron chi connectivity index (χ0n) is 9.64. The predicted octanol–water partition coefficient (Wildman–Crippen LogP) is 3.81. The first-order chi connectivity index (χ1) is 9.38. The smallest absolute Gasteiger partial charge is 0.314 e. The van der Waals surface area contributed by atoms with Gasteiger partial charge in [-0.1, -0.05) is 23.2 Å². The van der Waals surface area contributed by atoms with Crippen LogP contribution in [0.4, 0.5) is 15.9 Å². The van der Waals surface area contributed by atoms with E-state index in [2.05, 4.69) is 4.98 Å². The summed E-state index contributed by atoms with van der Waals surface area (Å²) in [7, 11) is 0. The molecule has 0 amide bonds. The number of hydrogen-bond acceptors (Lipinski definition) is 5. The molecule has 2 N–H and O–H groups in total. The third-order valence-electron chi connectivity index (χ3n) is 2.25. The molecule has 104 valence electrons. The molecule has 0 atom stereocenters. The Bertz CT molecular complexity index is 697. The molecule has 0 aliphatic rings. The minimum absolute atomic E-state index is 0.0165. The number of pyridine rings is 1. The van der Waals surface area contributed by atoms with Crippen LogP contribution in [-0.2, 0) is 0 Å². The van der Waals surface area contributed by atoms with E-state index in [0.717, 1.165) is 18.2 Å². The summed E-state index contributed by atoms with van der Waals surface area (Å²) < 4.78 is 18.2. The van der Waals surface area contributed by atoms with Gasteiger partial charge in [0.1, 0.15) is 16.7 Å². The van der Waals surface area contributed by atoms with Gasteiger partial charge in [-0.2, -0.15) is 4.98 Å². The van der Waals surface area contributed by atoms with E-state index < -0.39 is 16.4 Å². The standard InChI is InChI=1S/C11H6Cl2FN3O3/c12-6-4-7(13)11(16-10(6)15)20-9-2-1-5(14)3-8(9)17(18)19/h1-4H,(H2,15,16). The summed E-state index contributed by atoms with van der Waals surface area (Å²) in [6, 6.07) is 4.12. The molecule has 1 heterocycles. The first-order valence-corrected chi connectivity index (χ1v) is 5.87. The fraction of sp³-hybridized carbons (Fsp3) is 0. The lowest BCUT2D eigenvalue weighted by atomic mass is 10.3. The van der Waals surface area contributed by atoms with Crippen molar-refractivity contribution in [1.82, 2.24) is 4.98 Å². The Labute approximate surface area is 122 Å². The topological polar surface area (TPSA) is 91.3 Å². The predicted molar refractivity (Wildman–Crippen MR) is 71.8 cm³/mol. The van der Waals surface area contributed by atoms with Gasteiger partial charge in [0.15, 0.2) is 0 Å². The van der Waals surface area contributed by atoms with Gasteiger partial charge < -0.3 is 10.5 Å². The van der Waals surface area contributed by atoms with Crippen LogP contribution in [0, 0.1) is 15.9 Å². The highest BCUT2D eigenvalue weighted by Gasteiger charge is 2.19. The van der Waals surface area contributed by atoms with Crippen LogP contribution in [0.1, 0.15) is 0 Å². The van der Waals surface area contributed by atoms with Gasteiger partial charge in [-0.3, -0.25) is 10.1 Å². The number of nitrogens with zero attached hydrogens (tertiary/aromatic N) is 2. The number of nitrogen functional groups attached to an aromatic ring is 1. The number of aromatic nitrogens is 1. The summed E-state index contributed by atoms with van der Waals surface area (Å²) >= 11 is 11.5. The van der Waals surface area contributed by atoms with Crippen molar-refractivity contribution in [2.45, 2.75) is 0 Å². The Morgan fingerprint density at radius 3 is 2.65 bits per heavy atom. The van der Waals surface area contributed by atoms with Gasteiger partial charge in [-0.05, 0) is 18.2 Å². The molecular weight excluding hydrogens is 312 g/mol. The Balaban J connectivity index is 2.45. The number of ether oxygens (including phenoxy) is 1. The third-order valence-corrected chi connectivity index (χ3v) is 2.82. The van der Waals surface area contributed by atoms with E-state index in [9.17, 15) is 14.5 Å². The third kappa shape index (κ3) is 2.89. The normalized spacial score (nSPS) is 10.3. The van der Waals surface area contributed by atoms with E-state index in [1.54, 1.807) is 0 Å². The van der Waals surface area contributed by atoms with Crippen LogP contribution >= 0.6 is 23.2 Å². The molecule has 0 saturated heterocycles. The molecule has 1 aromatic heterocycles. The maximum absolute atomic E-state index is 13.0. The average molecular weight is 318 g/mol. The van der Waals surface area contributed by atoms with Gasteiger partial charge in [0.2, 0.25) is 11.6 Å². The van der Waals surface area contributed by atoms with Crippen molar-refractivity contribution in [2.75, 3.05) is 5.73 Å². The SMILES string of the molecule is Nc1nc(Oc2ccc(F)cc2[N+](=O)[O-])c(Cl)cc1Cl. The first-order valence-electron chi connectivity index (χ1n) is 5.12. The van der Waals surface area contributed by atoms with E-state index in [4.69, 9.17) is 33.7 Å². The van der Waals surface area contributed by atoms with Crippen LogP contribution in [0.3, 0.4) is 0 Å². The molecule has 0 aliphatic heterocycles. The fourth-order valence-electron chi connectivity index (χ4n) is 1.36. The minimum atomic E-state index is -0.786. The van der Waals surface area contributed by atoms with Crippen molar-refractivity contribution < 1.29 is 14.1 Å². The highest BCUT2D eigenvalue weighted by molar-refractivity contribution is 6.36. The summed E-state index contributed by atoms with van der Waals surface area (Å²) in [5.41, 5.74) is 4.93. The Morgan fingerprint density at radius 2 is 2.00 bits per heavy atom. The van der Waals surface area contributed by atoms with Crippen LogP contribution in [0.2, 0.25) is 10.0 Å². The first kappa shape index (κ1) is 14.3. The van der Waals surface area contributed by atoms with E-state index in [0.29, 0.717) is 0 Å². The van der Waals surface area contributed by atoms with Crippen molar-refractivity contribution in [2.24, 2.45) is 0 Å². The van der Waals surface area contributed by atoms with Crippen LogP contribution in [0.5, 0.6) is 11.6 Å². The van der Waals surface area contributed by atoms with Crippen LogP contribution in [0.25, 0.3) is 0 Å². The fourth-order valence-corrected chi connectivity index (χ4v) is 1.76. The summed E-state index contributed by atoms with van der Waals surface area (Å²) in [4.78, 5) is 13.8. The van der Waals surface area contributed by atoms with E-state index in [1.807, 2.05) is 0 Å². The maximum atomic E-state index is 13.0. The largest absolute Gasteiger partial charge is 0.430 e. The Kier molecular flexibility index (Phi) is 3.91. The second-order valence-electron chi connectivity index (χ2n) is 3.61. The van der Waals surface area contributed by atoms with E-state index in [-0.39, 0.29) is 27.5 Å². The monoisotopic (exact) mass is 317 g/mol.